The van der Waals surface area contributed by atoms with E-state index >= 15 is 0 Å². The average Bonchev–Trinajstić information content (AvgIpc) is 3.40. The number of carbonyl (C=O) groups excluding carboxylic acids is 3. The van der Waals surface area contributed by atoms with Crippen molar-refractivity contribution in [3.63, 3.8) is 0 Å². The highest BCUT2D eigenvalue weighted by Crippen LogP contribution is 2.47. The van der Waals surface area contributed by atoms with E-state index in [4.69, 9.17) is 4.74 Å². The highest BCUT2D eigenvalue weighted by molar-refractivity contribution is 6.06. The second kappa shape index (κ2) is 11.5. The van der Waals surface area contributed by atoms with Gasteiger partial charge in [-0.25, -0.2) is 0 Å². The molecule has 1 aromatic carbocycles. The number of aromatic nitrogens is 1. The van der Waals surface area contributed by atoms with E-state index in [0.29, 0.717) is 18.8 Å². The van der Waals surface area contributed by atoms with Crippen molar-refractivity contribution >= 4 is 29.1 Å². The SMILES string of the molecule is CNC(=O)c1ccc(-c2ccc3c(c2)N(C(=O)C2OCCC24CCCCCCCC4)C[C@H](C)N3C(C)=O)cn1. The molecule has 1 spiro atoms. The van der Waals surface area contributed by atoms with Gasteiger partial charge in [-0.3, -0.25) is 19.4 Å². The number of benzene rings is 1. The molecule has 3 heterocycles. The first-order valence-corrected chi connectivity index (χ1v) is 14.4. The molecule has 3 amide bonds. The standard InChI is InChI=1S/C31H40N4O4/c1-21-20-34(30(38)28-31(16-17-39-28)14-8-6-4-5-7-9-15-31)27-18-23(11-13-26(27)35(21)22(2)36)24-10-12-25(33-19-24)29(37)32-3/h10-13,18-19,21,28H,4-9,14-17,20H2,1-3H3,(H,32,37)/t21-,28?/m0/s1. The molecular weight excluding hydrogens is 492 g/mol. The van der Waals surface area contributed by atoms with E-state index in [0.717, 1.165) is 54.6 Å². The van der Waals surface area contributed by atoms with Crippen LogP contribution in [0.4, 0.5) is 11.4 Å². The van der Waals surface area contributed by atoms with Gasteiger partial charge in [0.15, 0.2) is 0 Å². The Hall–Kier alpha value is -3.26. The third-order valence-electron chi connectivity index (χ3n) is 8.84. The lowest BCUT2D eigenvalue weighted by Crippen LogP contribution is -2.55. The summed E-state index contributed by atoms with van der Waals surface area (Å²) >= 11 is 0. The third-order valence-corrected chi connectivity index (χ3v) is 8.84. The Morgan fingerprint density at radius 3 is 2.28 bits per heavy atom. The highest BCUT2D eigenvalue weighted by Gasteiger charge is 2.50. The fourth-order valence-electron chi connectivity index (χ4n) is 6.78. The molecule has 2 fully saturated rings. The van der Waals surface area contributed by atoms with Crippen LogP contribution in [0.2, 0.25) is 0 Å². The molecule has 1 N–H and O–H groups in total. The van der Waals surface area contributed by atoms with Crippen molar-refractivity contribution in [3.05, 3.63) is 42.2 Å². The predicted octanol–water partition coefficient (Wildman–Crippen LogP) is 5.11. The molecule has 1 aliphatic carbocycles. The third kappa shape index (κ3) is 5.31. The average molecular weight is 533 g/mol. The van der Waals surface area contributed by atoms with Crippen LogP contribution < -0.4 is 15.1 Å². The summed E-state index contributed by atoms with van der Waals surface area (Å²) in [7, 11) is 1.57. The molecule has 5 rings (SSSR count). The van der Waals surface area contributed by atoms with Gasteiger partial charge in [-0.05, 0) is 49.9 Å². The van der Waals surface area contributed by atoms with Crippen molar-refractivity contribution in [2.45, 2.75) is 83.8 Å². The Morgan fingerprint density at radius 1 is 0.949 bits per heavy atom. The summed E-state index contributed by atoms with van der Waals surface area (Å²) in [4.78, 5) is 47.0. The first kappa shape index (κ1) is 27.3. The summed E-state index contributed by atoms with van der Waals surface area (Å²) < 4.78 is 6.26. The smallest absolute Gasteiger partial charge is 0.269 e. The topological polar surface area (TPSA) is 91.8 Å². The van der Waals surface area contributed by atoms with Crippen molar-refractivity contribution in [2.75, 3.05) is 30.0 Å². The van der Waals surface area contributed by atoms with Gasteiger partial charge in [0.1, 0.15) is 11.8 Å². The molecule has 2 aromatic rings. The quantitative estimate of drug-likeness (QED) is 0.594. The zero-order chi connectivity index (χ0) is 27.6. The predicted molar refractivity (Wildman–Crippen MR) is 152 cm³/mol. The van der Waals surface area contributed by atoms with Crippen LogP contribution in [0.25, 0.3) is 11.1 Å². The van der Waals surface area contributed by atoms with Crippen LogP contribution in [0, 0.1) is 5.41 Å². The zero-order valence-corrected chi connectivity index (χ0v) is 23.4. The van der Waals surface area contributed by atoms with Crippen LogP contribution in [0.3, 0.4) is 0 Å². The zero-order valence-electron chi connectivity index (χ0n) is 23.4. The van der Waals surface area contributed by atoms with Crippen molar-refractivity contribution in [3.8, 4) is 11.1 Å². The van der Waals surface area contributed by atoms with E-state index in [2.05, 4.69) is 10.3 Å². The Balaban J connectivity index is 1.51. The molecule has 1 saturated heterocycles. The molecule has 0 bridgehead atoms. The fraction of sp³-hybridized carbons (Fsp3) is 0.548. The lowest BCUT2D eigenvalue weighted by atomic mass is 9.72. The molecule has 1 aromatic heterocycles. The Morgan fingerprint density at radius 2 is 1.64 bits per heavy atom. The second-order valence-corrected chi connectivity index (χ2v) is 11.4. The molecule has 0 radical (unpaired) electrons. The molecule has 1 unspecified atom stereocenters. The Bertz CT molecular complexity index is 1220. The number of ether oxygens (including phenoxy) is 1. The number of rotatable bonds is 3. The number of amides is 3. The Labute approximate surface area is 231 Å². The van der Waals surface area contributed by atoms with E-state index in [1.165, 1.54) is 25.7 Å². The monoisotopic (exact) mass is 532 g/mol. The molecule has 2 atom stereocenters. The van der Waals surface area contributed by atoms with Crippen LogP contribution in [-0.4, -0.2) is 55.1 Å². The van der Waals surface area contributed by atoms with Crippen LogP contribution >= 0.6 is 0 Å². The molecule has 8 heteroatoms. The molecule has 39 heavy (non-hydrogen) atoms. The van der Waals surface area contributed by atoms with Crippen LogP contribution in [0.15, 0.2) is 36.5 Å². The summed E-state index contributed by atoms with van der Waals surface area (Å²) in [5.74, 6) is -0.288. The van der Waals surface area contributed by atoms with Gasteiger partial charge in [0, 0.05) is 44.3 Å². The van der Waals surface area contributed by atoms with Crippen molar-refractivity contribution in [1.82, 2.24) is 10.3 Å². The van der Waals surface area contributed by atoms with Gasteiger partial charge in [0.25, 0.3) is 11.8 Å². The number of nitrogens with zero attached hydrogens (tertiary/aromatic N) is 3. The Kier molecular flexibility index (Phi) is 8.03. The number of nitrogens with one attached hydrogen (secondary N) is 1. The number of hydrogen-bond donors (Lipinski definition) is 1. The van der Waals surface area contributed by atoms with Crippen LogP contribution in [-0.2, 0) is 14.3 Å². The van der Waals surface area contributed by atoms with Gasteiger partial charge in [0.2, 0.25) is 5.91 Å². The number of anilines is 2. The lowest BCUT2D eigenvalue weighted by molar-refractivity contribution is -0.133. The van der Waals surface area contributed by atoms with Crippen molar-refractivity contribution in [2.24, 2.45) is 5.41 Å². The number of carbonyl (C=O) groups is 3. The van der Waals surface area contributed by atoms with Crippen LogP contribution in [0.1, 0.15) is 82.1 Å². The summed E-state index contributed by atoms with van der Waals surface area (Å²) in [6.45, 7) is 4.60. The van der Waals surface area contributed by atoms with E-state index in [1.807, 2.05) is 36.1 Å². The van der Waals surface area contributed by atoms with Crippen molar-refractivity contribution in [1.29, 1.82) is 0 Å². The lowest BCUT2D eigenvalue weighted by Gasteiger charge is -2.43. The summed E-state index contributed by atoms with van der Waals surface area (Å²) in [6.07, 6.45) is 11.5. The van der Waals surface area contributed by atoms with Crippen LogP contribution in [0.5, 0.6) is 0 Å². The highest BCUT2D eigenvalue weighted by atomic mass is 16.5. The molecule has 208 valence electrons. The van der Waals surface area contributed by atoms with Gasteiger partial charge < -0.3 is 19.9 Å². The fourth-order valence-corrected chi connectivity index (χ4v) is 6.78. The first-order valence-electron chi connectivity index (χ1n) is 14.4. The van der Waals surface area contributed by atoms with Gasteiger partial charge in [0.05, 0.1) is 17.4 Å². The summed E-state index contributed by atoms with van der Waals surface area (Å²) in [6, 6.07) is 9.21. The van der Waals surface area contributed by atoms with Gasteiger partial charge >= 0.3 is 0 Å². The van der Waals surface area contributed by atoms with Gasteiger partial charge in [-0.2, -0.15) is 0 Å². The molecule has 3 aliphatic rings. The molecule has 1 saturated carbocycles. The largest absolute Gasteiger partial charge is 0.368 e. The number of pyridine rings is 1. The first-order chi connectivity index (χ1) is 18.8. The van der Waals surface area contributed by atoms with Crippen molar-refractivity contribution < 1.29 is 19.1 Å². The molecule has 2 aliphatic heterocycles. The number of fused-ring (bicyclic) bond motifs is 1. The van der Waals surface area contributed by atoms with E-state index < -0.39 is 6.10 Å². The van der Waals surface area contributed by atoms with E-state index in [-0.39, 0.29) is 29.2 Å². The maximum atomic E-state index is 14.4. The summed E-state index contributed by atoms with van der Waals surface area (Å²) in [5.41, 5.74) is 3.37. The van der Waals surface area contributed by atoms with Gasteiger partial charge in [-0.1, -0.05) is 50.7 Å². The van der Waals surface area contributed by atoms with E-state index in [1.54, 1.807) is 31.1 Å². The maximum Gasteiger partial charge on any atom is 0.269 e. The number of hydrogen-bond acceptors (Lipinski definition) is 5. The minimum atomic E-state index is -0.461. The minimum absolute atomic E-state index is 0.00767. The molecular formula is C31H40N4O4. The minimum Gasteiger partial charge on any atom is -0.368 e. The summed E-state index contributed by atoms with van der Waals surface area (Å²) in [5, 5.41) is 2.59. The van der Waals surface area contributed by atoms with Gasteiger partial charge in [-0.15, -0.1) is 0 Å². The van der Waals surface area contributed by atoms with E-state index in [9.17, 15) is 14.4 Å². The maximum absolute atomic E-state index is 14.4. The normalized spacial score (nSPS) is 22.9. The second-order valence-electron chi connectivity index (χ2n) is 11.4. The molecule has 8 nitrogen and oxygen atoms in total.